The van der Waals surface area contributed by atoms with E-state index in [0.717, 1.165) is 5.56 Å². The van der Waals surface area contributed by atoms with E-state index in [9.17, 15) is 0 Å². The number of hydrogen-bond acceptors (Lipinski definition) is 2. The summed E-state index contributed by atoms with van der Waals surface area (Å²) in [5, 5.41) is 3.25. The Bertz CT molecular complexity index is 420. The Morgan fingerprint density at radius 3 is 2.67 bits per heavy atom. The molecule has 2 aromatic rings. The van der Waals surface area contributed by atoms with E-state index in [4.69, 9.17) is 4.42 Å². The van der Waals surface area contributed by atoms with E-state index in [-0.39, 0.29) is 0 Å². The van der Waals surface area contributed by atoms with Gasteiger partial charge in [-0.25, -0.2) is 0 Å². The molecule has 1 unspecified atom stereocenters. The molecule has 0 spiro atoms. The smallest absolute Gasteiger partial charge is 0.0981 e. The zero-order chi connectivity index (χ0) is 10.7. The molecule has 0 aliphatic rings. The van der Waals surface area contributed by atoms with Crippen molar-refractivity contribution in [2.75, 3.05) is 7.05 Å². The minimum absolute atomic E-state index is 0.344. The van der Waals surface area contributed by atoms with Crippen molar-refractivity contribution in [2.24, 2.45) is 0 Å². The Morgan fingerprint density at radius 2 is 2.00 bits per heavy atom. The zero-order valence-electron chi connectivity index (χ0n) is 9.03. The van der Waals surface area contributed by atoms with Crippen LogP contribution in [0.5, 0.6) is 0 Å². The van der Waals surface area contributed by atoms with Crippen molar-refractivity contribution in [2.45, 2.75) is 13.0 Å². The molecule has 0 radical (unpaired) electrons. The van der Waals surface area contributed by atoms with Crippen LogP contribution in [-0.2, 0) is 0 Å². The lowest BCUT2D eigenvalue weighted by Gasteiger charge is -2.14. The van der Waals surface area contributed by atoms with Crippen molar-refractivity contribution in [3.8, 4) is 11.1 Å². The van der Waals surface area contributed by atoms with E-state index >= 15 is 0 Å². The zero-order valence-corrected chi connectivity index (χ0v) is 9.03. The summed E-state index contributed by atoms with van der Waals surface area (Å²) in [6, 6.07) is 10.7. The molecule has 2 nitrogen and oxygen atoms in total. The molecule has 0 bridgehead atoms. The van der Waals surface area contributed by atoms with Crippen LogP contribution in [0.2, 0.25) is 0 Å². The summed E-state index contributed by atoms with van der Waals surface area (Å²) in [7, 11) is 1.97. The van der Waals surface area contributed by atoms with Crippen LogP contribution in [-0.4, -0.2) is 7.05 Å². The molecular formula is C13H15NO. The molecule has 0 aliphatic carbocycles. The first-order valence-electron chi connectivity index (χ1n) is 5.11. The van der Waals surface area contributed by atoms with E-state index in [2.05, 4.69) is 30.4 Å². The molecule has 1 heterocycles. The van der Waals surface area contributed by atoms with Gasteiger partial charge in [-0.2, -0.15) is 0 Å². The maximum atomic E-state index is 5.12. The molecule has 0 fully saturated rings. The lowest BCUT2D eigenvalue weighted by Crippen LogP contribution is -2.13. The first kappa shape index (κ1) is 9.99. The predicted octanol–water partition coefficient (Wildman–Crippen LogP) is 3.23. The Balaban J connectivity index is 2.47. The molecular weight excluding hydrogens is 186 g/mol. The summed E-state index contributed by atoms with van der Waals surface area (Å²) >= 11 is 0. The summed E-state index contributed by atoms with van der Waals surface area (Å²) in [4.78, 5) is 0. The maximum absolute atomic E-state index is 5.12. The number of furan rings is 1. The first-order chi connectivity index (χ1) is 7.33. The number of nitrogens with one attached hydrogen (secondary N) is 1. The summed E-state index contributed by atoms with van der Waals surface area (Å²) in [5.41, 5.74) is 3.65. The van der Waals surface area contributed by atoms with Gasteiger partial charge in [0.2, 0.25) is 0 Å². The van der Waals surface area contributed by atoms with Gasteiger partial charge >= 0.3 is 0 Å². The summed E-state index contributed by atoms with van der Waals surface area (Å²) in [6.45, 7) is 2.15. The molecule has 15 heavy (non-hydrogen) atoms. The van der Waals surface area contributed by atoms with Crippen LogP contribution in [0.3, 0.4) is 0 Å². The second kappa shape index (κ2) is 4.32. The molecule has 78 valence electrons. The van der Waals surface area contributed by atoms with Gasteiger partial charge in [-0.3, -0.25) is 0 Å². The molecule has 1 N–H and O–H groups in total. The quantitative estimate of drug-likeness (QED) is 0.824. The van der Waals surface area contributed by atoms with Crippen LogP contribution >= 0.6 is 0 Å². The average molecular weight is 201 g/mol. The fourth-order valence-electron chi connectivity index (χ4n) is 1.71. The monoisotopic (exact) mass is 201 g/mol. The minimum Gasteiger partial charge on any atom is -0.472 e. The summed E-state index contributed by atoms with van der Waals surface area (Å²) < 4.78 is 5.12. The lowest BCUT2D eigenvalue weighted by atomic mass is 9.97. The van der Waals surface area contributed by atoms with Crippen molar-refractivity contribution >= 4 is 0 Å². The highest BCUT2D eigenvalue weighted by atomic mass is 16.3. The van der Waals surface area contributed by atoms with Gasteiger partial charge < -0.3 is 9.73 Å². The Hall–Kier alpha value is -1.54. The van der Waals surface area contributed by atoms with E-state index < -0.39 is 0 Å². The van der Waals surface area contributed by atoms with Gasteiger partial charge in [0.1, 0.15) is 0 Å². The van der Waals surface area contributed by atoms with Crippen molar-refractivity contribution in [1.82, 2.24) is 5.32 Å². The molecule has 0 saturated carbocycles. The predicted molar refractivity (Wildman–Crippen MR) is 61.6 cm³/mol. The van der Waals surface area contributed by atoms with Crippen LogP contribution in [0.1, 0.15) is 18.5 Å². The maximum Gasteiger partial charge on any atom is 0.0981 e. The third kappa shape index (κ3) is 1.95. The third-order valence-electron chi connectivity index (χ3n) is 2.69. The molecule has 0 amide bonds. The van der Waals surface area contributed by atoms with Crippen LogP contribution in [0, 0.1) is 0 Å². The lowest BCUT2D eigenvalue weighted by molar-refractivity contribution is 0.568. The Kier molecular flexibility index (Phi) is 2.88. The molecule has 1 aromatic carbocycles. The Labute approximate surface area is 89.9 Å². The topological polar surface area (TPSA) is 25.2 Å². The molecule has 0 saturated heterocycles. The molecule has 2 rings (SSSR count). The second-order valence-corrected chi connectivity index (χ2v) is 3.61. The Morgan fingerprint density at radius 1 is 1.20 bits per heavy atom. The van der Waals surface area contributed by atoms with E-state index in [0.29, 0.717) is 6.04 Å². The van der Waals surface area contributed by atoms with E-state index in [1.165, 1.54) is 11.1 Å². The molecule has 0 aliphatic heterocycles. The summed E-state index contributed by atoms with van der Waals surface area (Å²) in [5.74, 6) is 0. The van der Waals surface area contributed by atoms with E-state index in [1.807, 2.05) is 19.2 Å². The molecule has 1 aromatic heterocycles. The highest BCUT2D eigenvalue weighted by molar-refractivity contribution is 5.66. The van der Waals surface area contributed by atoms with Crippen LogP contribution in [0.15, 0.2) is 47.3 Å². The number of hydrogen-bond donors (Lipinski definition) is 1. The highest BCUT2D eigenvalue weighted by Gasteiger charge is 2.09. The molecule has 2 heteroatoms. The fraction of sp³-hybridized carbons (Fsp3) is 0.231. The van der Waals surface area contributed by atoms with Gasteiger partial charge in [-0.1, -0.05) is 24.3 Å². The van der Waals surface area contributed by atoms with Gasteiger partial charge in [0.05, 0.1) is 12.5 Å². The standard InChI is InChI=1S/C13H15NO/c1-10(14-2)12-5-3-4-6-13(12)11-7-8-15-9-11/h3-10,14H,1-2H3. The van der Waals surface area contributed by atoms with Crippen molar-refractivity contribution in [1.29, 1.82) is 0 Å². The van der Waals surface area contributed by atoms with Crippen LogP contribution in [0.4, 0.5) is 0 Å². The fourth-order valence-corrected chi connectivity index (χ4v) is 1.71. The second-order valence-electron chi connectivity index (χ2n) is 3.61. The SMILES string of the molecule is CNC(C)c1ccccc1-c1ccoc1. The normalized spacial score (nSPS) is 12.7. The van der Waals surface area contributed by atoms with Gasteiger partial charge in [0, 0.05) is 11.6 Å². The van der Waals surface area contributed by atoms with Crippen LogP contribution < -0.4 is 5.32 Å². The highest BCUT2D eigenvalue weighted by Crippen LogP contribution is 2.27. The van der Waals surface area contributed by atoms with Crippen molar-refractivity contribution in [3.63, 3.8) is 0 Å². The van der Waals surface area contributed by atoms with Crippen molar-refractivity contribution in [3.05, 3.63) is 48.4 Å². The van der Waals surface area contributed by atoms with Gasteiger partial charge in [0.25, 0.3) is 0 Å². The summed E-state index contributed by atoms with van der Waals surface area (Å²) in [6.07, 6.45) is 3.48. The minimum atomic E-state index is 0.344. The third-order valence-corrected chi connectivity index (χ3v) is 2.69. The first-order valence-corrected chi connectivity index (χ1v) is 5.11. The van der Waals surface area contributed by atoms with Crippen molar-refractivity contribution < 1.29 is 4.42 Å². The van der Waals surface area contributed by atoms with Gasteiger partial charge in [-0.05, 0) is 31.2 Å². The van der Waals surface area contributed by atoms with E-state index in [1.54, 1.807) is 12.5 Å². The van der Waals surface area contributed by atoms with Gasteiger partial charge in [-0.15, -0.1) is 0 Å². The number of benzene rings is 1. The average Bonchev–Trinajstić information content (AvgIpc) is 2.81. The molecule has 1 atom stereocenters. The van der Waals surface area contributed by atoms with Crippen LogP contribution in [0.25, 0.3) is 11.1 Å². The van der Waals surface area contributed by atoms with Gasteiger partial charge in [0.15, 0.2) is 0 Å². The number of rotatable bonds is 3. The largest absolute Gasteiger partial charge is 0.472 e.